The summed E-state index contributed by atoms with van der Waals surface area (Å²) in [5, 5.41) is 0. The third-order valence-corrected chi connectivity index (χ3v) is 1.60. The Bertz CT molecular complexity index is 243. The molecule has 1 radical (unpaired) electrons. The van der Waals surface area contributed by atoms with Gasteiger partial charge in [-0.05, 0) is 6.08 Å². The third kappa shape index (κ3) is 0.798. The number of ether oxygens (including phenoxy) is 1. The van der Waals surface area contributed by atoms with E-state index in [1.165, 1.54) is 0 Å². The Hall–Kier alpha value is -1.24. The first-order chi connectivity index (χ1) is 4.97. The van der Waals surface area contributed by atoms with Gasteiger partial charge in [0.1, 0.15) is 0 Å². The molecule has 1 aliphatic heterocycles. The second kappa shape index (κ2) is 2.18. The SMILES string of the molecule is [C]1=C2C=CC=CC2C=CO1. The molecule has 1 atom stereocenters. The summed E-state index contributed by atoms with van der Waals surface area (Å²) < 4.78 is 4.89. The minimum Gasteiger partial charge on any atom is -0.461 e. The lowest BCUT2D eigenvalue weighted by Crippen LogP contribution is -2.02. The zero-order valence-electron chi connectivity index (χ0n) is 5.45. The van der Waals surface area contributed by atoms with Gasteiger partial charge in [0, 0.05) is 11.5 Å². The van der Waals surface area contributed by atoms with Crippen LogP contribution < -0.4 is 0 Å². The molecule has 1 aliphatic carbocycles. The highest BCUT2D eigenvalue weighted by Crippen LogP contribution is 2.22. The summed E-state index contributed by atoms with van der Waals surface area (Å²) in [5.41, 5.74) is 1.10. The Kier molecular flexibility index (Phi) is 1.21. The normalized spacial score (nSPS) is 27.2. The summed E-state index contributed by atoms with van der Waals surface area (Å²) in [4.78, 5) is 0. The minimum atomic E-state index is 0.388. The zero-order chi connectivity index (χ0) is 6.81. The average molecular weight is 131 g/mol. The molecule has 1 heterocycles. The zero-order valence-corrected chi connectivity index (χ0v) is 5.45. The molecule has 0 bridgehead atoms. The van der Waals surface area contributed by atoms with Crippen molar-refractivity contribution < 1.29 is 4.74 Å². The van der Waals surface area contributed by atoms with Crippen LogP contribution in [0.5, 0.6) is 0 Å². The Labute approximate surface area is 60.0 Å². The average Bonchev–Trinajstić information content (AvgIpc) is 2.05. The largest absolute Gasteiger partial charge is 0.461 e. The second-order valence-electron chi connectivity index (χ2n) is 2.27. The molecular weight excluding hydrogens is 124 g/mol. The summed E-state index contributed by atoms with van der Waals surface area (Å²) in [7, 11) is 0. The lowest BCUT2D eigenvalue weighted by molar-refractivity contribution is 0.356. The van der Waals surface area contributed by atoms with Gasteiger partial charge in [-0.3, -0.25) is 0 Å². The van der Waals surface area contributed by atoms with Crippen molar-refractivity contribution in [3.8, 4) is 0 Å². The van der Waals surface area contributed by atoms with Crippen LogP contribution in [0, 0.1) is 12.2 Å². The highest BCUT2D eigenvalue weighted by Gasteiger charge is 2.10. The fourth-order valence-corrected chi connectivity index (χ4v) is 1.05. The second-order valence-corrected chi connectivity index (χ2v) is 2.27. The molecule has 0 saturated heterocycles. The van der Waals surface area contributed by atoms with Crippen LogP contribution in [0.2, 0.25) is 0 Å². The summed E-state index contributed by atoms with van der Waals surface area (Å²) in [6.45, 7) is 0. The first-order valence-corrected chi connectivity index (χ1v) is 3.27. The molecule has 10 heavy (non-hydrogen) atoms. The monoisotopic (exact) mass is 131 g/mol. The van der Waals surface area contributed by atoms with Gasteiger partial charge in [0.2, 0.25) is 0 Å². The Balaban J connectivity index is 2.33. The number of rotatable bonds is 0. The molecule has 1 unspecified atom stereocenters. The molecule has 2 rings (SSSR count). The molecule has 1 nitrogen and oxygen atoms in total. The highest BCUT2D eigenvalue weighted by atomic mass is 16.5. The van der Waals surface area contributed by atoms with E-state index in [4.69, 9.17) is 4.74 Å². The Morgan fingerprint density at radius 3 is 3.20 bits per heavy atom. The van der Waals surface area contributed by atoms with Gasteiger partial charge in [-0.25, -0.2) is 0 Å². The van der Waals surface area contributed by atoms with E-state index in [1.807, 2.05) is 24.3 Å². The fraction of sp³-hybridized carbons (Fsp3) is 0.111. The van der Waals surface area contributed by atoms with Crippen molar-refractivity contribution >= 4 is 0 Å². The maximum Gasteiger partial charge on any atom is 0.173 e. The van der Waals surface area contributed by atoms with Crippen molar-refractivity contribution in [1.82, 2.24) is 0 Å². The van der Waals surface area contributed by atoms with Gasteiger partial charge in [0.15, 0.2) is 6.26 Å². The maximum atomic E-state index is 4.89. The summed E-state index contributed by atoms with van der Waals surface area (Å²) in [5.74, 6) is 0.388. The summed E-state index contributed by atoms with van der Waals surface area (Å²) in [6, 6.07) is 0. The van der Waals surface area contributed by atoms with Crippen LogP contribution in [-0.4, -0.2) is 0 Å². The summed E-state index contributed by atoms with van der Waals surface area (Å²) >= 11 is 0. The molecule has 0 aromatic heterocycles. The molecule has 1 heteroatoms. The molecule has 0 fully saturated rings. The standard InChI is InChI=1S/C9H7O/c1-2-4-9-7-10-6-5-8(9)3-1/h1-6,8H. The van der Waals surface area contributed by atoms with Crippen LogP contribution in [0.3, 0.4) is 0 Å². The van der Waals surface area contributed by atoms with E-state index >= 15 is 0 Å². The lowest BCUT2D eigenvalue weighted by atomic mass is 9.95. The van der Waals surface area contributed by atoms with Gasteiger partial charge >= 0.3 is 0 Å². The predicted molar refractivity (Wildman–Crippen MR) is 38.8 cm³/mol. The number of fused-ring (bicyclic) bond motifs is 1. The van der Waals surface area contributed by atoms with Crippen LogP contribution in [0.4, 0.5) is 0 Å². The van der Waals surface area contributed by atoms with E-state index < -0.39 is 0 Å². The molecule has 2 aliphatic rings. The van der Waals surface area contributed by atoms with Gasteiger partial charge in [-0.15, -0.1) is 0 Å². The van der Waals surface area contributed by atoms with Crippen molar-refractivity contribution in [2.45, 2.75) is 0 Å². The van der Waals surface area contributed by atoms with Gasteiger partial charge in [0.05, 0.1) is 6.26 Å². The number of hydrogen-bond acceptors (Lipinski definition) is 1. The van der Waals surface area contributed by atoms with E-state index in [9.17, 15) is 0 Å². The van der Waals surface area contributed by atoms with E-state index in [1.54, 1.807) is 6.26 Å². The first-order valence-electron chi connectivity index (χ1n) is 3.27. The van der Waals surface area contributed by atoms with Crippen LogP contribution in [0.15, 0.2) is 42.2 Å². The van der Waals surface area contributed by atoms with Crippen molar-refractivity contribution in [3.63, 3.8) is 0 Å². The Morgan fingerprint density at radius 1 is 1.30 bits per heavy atom. The number of hydrogen-bond donors (Lipinski definition) is 0. The van der Waals surface area contributed by atoms with Crippen LogP contribution in [-0.2, 0) is 4.74 Å². The van der Waals surface area contributed by atoms with Crippen molar-refractivity contribution in [1.29, 1.82) is 0 Å². The first kappa shape index (κ1) is 5.54. The van der Waals surface area contributed by atoms with E-state index in [0.717, 1.165) is 5.57 Å². The van der Waals surface area contributed by atoms with Crippen LogP contribution >= 0.6 is 0 Å². The third-order valence-electron chi connectivity index (χ3n) is 1.60. The molecule has 0 spiro atoms. The maximum absolute atomic E-state index is 4.89. The molecule has 0 N–H and O–H groups in total. The van der Waals surface area contributed by atoms with Gasteiger partial charge in [-0.2, -0.15) is 0 Å². The van der Waals surface area contributed by atoms with Crippen molar-refractivity contribution in [2.75, 3.05) is 0 Å². The molecule has 0 saturated carbocycles. The smallest absolute Gasteiger partial charge is 0.173 e. The predicted octanol–water partition coefficient (Wildman–Crippen LogP) is 1.96. The van der Waals surface area contributed by atoms with Gasteiger partial charge in [-0.1, -0.05) is 24.3 Å². The lowest BCUT2D eigenvalue weighted by Gasteiger charge is -2.14. The summed E-state index contributed by atoms with van der Waals surface area (Å²) in [6.07, 6.45) is 14.6. The van der Waals surface area contributed by atoms with Gasteiger partial charge in [0.25, 0.3) is 0 Å². The van der Waals surface area contributed by atoms with E-state index in [0.29, 0.717) is 5.92 Å². The highest BCUT2D eigenvalue weighted by molar-refractivity contribution is 5.34. The molecule has 49 valence electrons. The quantitative estimate of drug-likeness (QED) is 0.488. The Morgan fingerprint density at radius 2 is 2.30 bits per heavy atom. The van der Waals surface area contributed by atoms with E-state index in [2.05, 4.69) is 12.3 Å². The van der Waals surface area contributed by atoms with Crippen molar-refractivity contribution in [2.24, 2.45) is 5.92 Å². The van der Waals surface area contributed by atoms with E-state index in [-0.39, 0.29) is 0 Å². The fourth-order valence-electron chi connectivity index (χ4n) is 1.05. The van der Waals surface area contributed by atoms with Crippen LogP contribution in [0.1, 0.15) is 0 Å². The van der Waals surface area contributed by atoms with Gasteiger partial charge < -0.3 is 4.74 Å². The van der Waals surface area contributed by atoms with Crippen LogP contribution in [0.25, 0.3) is 0 Å². The van der Waals surface area contributed by atoms with Crippen molar-refractivity contribution in [3.05, 3.63) is 48.5 Å². The molecular formula is C9H7O. The molecule has 0 amide bonds. The molecule has 0 aromatic rings. The molecule has 0 aromatic carbocycles. The number of allylic oxidation sites excluding steroid dienone is 6. The topological polar surface area (TPSA) is 9.23 Å². The minimum absolute atomic E-state index is 0.388.